The molecule has 0 amide bonds. The number of hydrogen-bond donors (Lipinski definition) is 1. The summed E-state index contributed by atoms with van der Waals surface area (Å²) in [4.78, 5) is 0. The van der Waals surface area contributed by atoms with Crippen LogP contribution in [0.2, 0.25) is 0 Å². The lowest BCUT2D eigenvalue weighted by Gasteiger charge is -2.16. The van der Waals surface area contributed by atoms with Gasteiger partial charge in [-0.3, -0.25) is 0 Å². The van der Waals surface area contributed by atoms with Gasteiger partial charge in [0.05, 0.1) is 12.2 Å². The molecular weight excluding hydrogens is 200 g/mol. The first kappa shape index (κ1) is 13.0. The van der Waals surface area contributed by atoms with E-state index >= 15 is 0 Å². The van der Waals surface area contributed by atoms with Gasteiger partial charge in [0.25, 0.3) is 0 Å². The van der Waals surface area contributed by atoms with Crippen LogP contribution in [-0.4, -0.2) is 11.2 Å². The number of rotatable bonds is 6. The molecule has 0 aliphatic heterocycles. The second kappa shape index (κ2) is 6.54. The first-order chi connectivity index (χ1) is 7.71. The molecule has 0 aromatic heterocycles. The Balaban J connectivity index is 2.64. The molecular formula is C14H22O2. The Morgan fingerprint density at radius 3 is 2.00 bits per heavy atom. The van der Waals surface area contributed by atoms with Gasteiger partial charge in [0.1, 0.15) is 5.75 Å². The molecule has 0 saturated carbocycles. The first-order valence-corrected chi connectivity index (χ1v) is 6.15. The quantitative estimate of drug-likeness (QED) is 0.795. The molecule has 2 heteroatoms. The Labute approximate surface area is 98.3 Å². The van der Waals surface area contributed by atoms with E-state index in [1.54, 1.807) is 0 Å². The van der Waals surface area contributed by atoms with Gasteiger partial charge in [-0.2, -0.15) is 0 Å². The summed E-state index contributed by atoms with van der Waals surface area (Å²) in [5.74, 6) is 0.890. The summed E-state index contributed by atoms with van der Waals surface area (Å²) in [7, 11) is 0. The standard InChI is InChI=1S/C14H22O2/c1-4-12(5-2)16-13-9-7-11(8-10-13)14(15)6-3/h7-10,12,14-15H,4-6H2,1-3H3/t14-/m0/s1. The van der Waals surface area contributed by atoms with E-state index in [1.807, 2.05) is 31.2 Å². The SMILES string of the molecule is CCC(CC)Oc1ccc([C@@H](O)CC)cc1. The van der Waals surface area contributed by atoms with Crippen molar-refractivity contribution >= 4 is 0 Å². The van der Waals surface area contributed by atoms with Crippen molar-refractivity contribution in [3.8, 4) is 5.75 Å². The third-order valence-corrected chi connectivity index (χ3v) is 2.87. The second-order valence-corrected chi connectivity index (χ2v) is 4.05. The van der Waals surface area contributed by atoms with E-state index < -0.39 is 0 Å². The summed E-state index contributed by atoms with van der Waals surface area (Å²) in [5, 5.41) is 9.65. The summed E-state index contributed by atoms with van der Waals surface area (Å²) in [6.45, 7) is 6.23. The fourth-order valence-electron chi connectivity index (χ4n) is 1.65. The van der Waals surface area contributed by atoms with Crippen LogP contribution in [0.1, 0.15) is 51.7 Å². The normalized spacial score (nSPS) is 12.8. The molecule has 1 N–H and O–H groups in total. The van der Waals surface area contributed by atoms with Crippen LogP contribution < -0.4 is 4.74 Å². The Hall–Kier alpha value is -1.02. The van der Waals surface area contributed by atoms with E-state index in [1.165, 1.54) is 0 Å². The van der Waals surface area contributed by atoms with Crippen LogP contribution in [0, 0.1) is 0 Å². The van der Waals surface area contributed by atoms with Crippen LogP contribution in [0.15, 0.2) is 24.3 Å². The maximum Gasteiger partial charge on any atom is 0.119 e. The van der Waals surface area contributed by atoms with Crippen LogP contribution in [0.4, 0.5) is 0 Å². The molecule has 1 atom stereocenters. The maximum absolute atomic E-state index is 9.65. The smallest absolute Gasteiger partial charge is 0.119 e. The molecule has 0 fully saturated rings. The van der Waals surface area contributed by atoms with Gasteiger partial charge in [-0.15, -0.1) is 0 Å². The molecule has 0 radical (unpaired) electrons. The summed E-state index contributed by atoms with van der Waals surface area (Å²) in [6, 6.07) is 7.75. The number of benzene rings is 1. The van der Waals surface area contributed by atoms with E-state index in [0.29, 0.717) is 6.10 Å². The predicted octanol–water partition coefficient (Wildman–Crippen LogP) is 3.70. The molecule has 0 aliphatic rings. The Kier molecular flexibility index (Phi) is 5.33. The maximum atomic E-state index is 9.65. The fourth-order valence-corrected chi connectivity index (χ4v) is 1.65. The molecule has 16 heavy (non-hydrogen) atoms. The van der Waals surface area contributed by atoms with Gasteiger partial charge < -0.3 is 9.84 Å². The lowest BCUT2D eigenvalue weighted by molar-refractivity contribution is 0.173. The van der Waals surface area contributed by atoms with Gasteiger partial charge in [0, 0.05) is 0 Å². The van der Waals surface area contributed by atoms with Gasteiger partial charge in [0.2, 0.25) is 0 Å². The summed E-state index contributed by atoms with van der Waals surface area (Å²) < 4.78 is 5.80. The topological polar surface area (TPSA) is 29.5 Å². The largest absolute Gasteiger partial charge is 0.490 e. The second-order valence-electron chi connectivity index (χ2n) is 4.05. The molecule has 0 heterocycles. The van der Waals surface area contributed by atoms with Crippen molar-refractivity contribution in [1.82, 2.24) is 0 Å². The highest BCUT2D eigenvalue weighted by molar-refractivity contribution is 5.28. The van der Waals surface area contributed by atoms with Gasteiger partial charge >= 0.3 is 0 Å². The van der Waals surface area contributed by atoms with Crippen molar-refractivity contribution < 1.29 is 9.84 Å². The van der Waals surface area contributed by atoms with Crippen LogP contribution in [0.25, 0.3) is 0 Å². The highest BCUT2D eigenvalue weighted by Crippen LogP contribution is 2.21. The molecule has 0 bridgehead atoms. The Morgan fingerprint density at radius 1 is 1.00 bits per heavy atom. The van der Waals surface area contributed by atoms with Crippen molar-refractivity contribution in [3.63, 3.8) is 0 Å². The minimum absolute atomic E-state index is 0.293. The van der Waals surface area contributed by atoms with Gasteiger partial charge in [0.15, 0.2) is 0 Å². The van der Waals surface area contributed by atoms with E-state index in [2.05, 4.69) is 13.8 Å². The Morgan fingerprint density at radius 2 is 1.56 bits per heavy atom. The minimum Gasteiger partial charge on any atom is -0.490 e. The third-order valence-electron chi connectivity index (χ3n) is 2.87. The van der Waals surface area contributed by atoms with E-state index in [9.17, 15) is 5.11 Å². The lowest BCUT2D eigenvalue weighted by atomic mass is 10.1. The highest BCUT2D eigenvalue weighted by atomic mass is 16.5. The van der Waals surface area contributed by atoms with Gasteiger partial charge in [-0.05, 0) is 37.0 Å². The molecule has 0 aliphatic carbocycles. The number of ether oxygens (including phenoxy) is 1. The number of aliphatic hydroxyl groups is 1. The lowest BCUT2D eigenvalue weighted by Crippen LogP contribution is -2.13. The molecule has 0 unspecified atom stereocenters. The Bertz CT molecular complexity index is 288. The van der Waals surface area contributed by atoms with Gasteiger partial charge in [-0.1, -0.05) is 32.9 Å². The van der Waals surface area contributed by atoms with Crippen LogP contribution in [-0.2, 0) is 0 Å². The summed E-state index contributed by atoms with van der Waals surface area (Å²) in [6.07, 6.45) is 2.72. The van der Waals surface area contributed by atoms with Crippen LogP contribution in [0.3, 0.4) is 0 Å². The predicted molar refractivity (Wildman–Crippen MR) is 66.7 cm³/mol. The molecule has 1 aromatic rings. The minimum atomic E-state index is -0.359. The molecule has 1 aromatic carbocycles. The molecule has 0 spiro atoms. The average Bonchev–Trinajstić information content (AvgIpc) is 2.35. The molecule has 90 valence electrons. The zero-order valence-corrected chi connectivity index (χ0v) is 10.4. The zero-order chi connectivity index (χ0) is 12.0. The average molecular weight is 222 g/mol. The fraction of sp³-hybridized carbons (Fsp3) is 0.571. The van der Waals surface area contributed by atoms with E-state index in [0.717, 1.165) is 30.6 Å². The van der Waals surface area contributed by atoms with E-state index in [-0.39, 0.29) is 6.10 Å². The third kappa shape index (κ3) is 3.53. The monoisotopic (exact) mass is 222 g/mol. The van der Waals surface area contributed by atoms with Crippen molar-refractivity contribution in [2.75, 3.05) is 0 Å². The summed E-state index contributed by atoms with van der Waals surface area (Å²) >= 11 is 0. The highest BCUT2D eigenvalue weighted by Gasteiger charge is 2.07. The molecule has 2 nitrogen and oxygen atoms in total. The summed E-state index contributed by atoms with van der Waals surface area (Å²) in [5.41, 5.74) is 0.958. The molecule has 0 saturated heterocycles. The van der Waals surface area contributed by atoms with Crippen LogP contribution >= 0.6 is 0 Å². The zero-order valence-electron chi connectivity index (χ0n) is 10.4. The van der Waals surface area contributed by atoms with Crippen LogP contribution in [0.5, 0.6) is 5.75 Å². The van der Waals surface area contributed by atoms with Crippen molar-refractivity contribution in [3.05, 3.63) is 29.8 Å². The van der Waals surface area contributed by atoms with Crippen molar-refractivity contribution in [2.45, 2.75) is 52.2 Å². The number of aliphatic hydroxyl groups excluding tert-OH is 1. The van der Waals surface area contributed by atoms with E-state index in [4.69, 9.17) is 4.74 Å². The van der Waals surface area contributed by atoms with Crippen molar-refractivity contribution in [1.29, 1.82) is 0 Å². The van der Waals surface area contributed by atoms with Crippen molar-refractivity contribution in [2.24, 2.45) is 0 Å². The molecule has 1 rings (SSSR count). The van der Waals surface area contributed by atoms with Gasteiger partial charge in [-0.25, -0.2) is 0 Å². The number of hydrogen-bond acceptors (Lipinski definition) is 2. The first-order valence-electron chi connectivity index (χ1n) is 6.15.